The minimum Gasteiger partial charge on any atom is -0.493 e. The largest absolute Gasteiger partial charge is 0.493 e. The molecule has 0 aliphatic rings. The first-order chi connectivity index (χ1) is 12.0. The average molecular weight is 343 g/mol. The van der Waals surface area contributed by atoms with Crippen LogP contribution in [0.25, 0.3) is 0 Å². The van der Waals surface area contributed by atoms with Gasteiger partial charge in [-0.1, -0.05) is 24.3 Å². The van der Waals surface area contributed by atoms with E-state index in [9.17, 15) is 9.59 Å². The van der Waals surface area contributed by atoms with E-state index in [1.54, 1.807) is 31.4 Å². The Hall–Kier alpha value is -3.02. The van der Waals surface area contributed by atoms with Crippen LogP contribution in [0.3, 0.4) is 0 Å². The summed E-state index contributed by atoms with van der Waals surface area (Å²) in [5, 5.41) is 11.7. The third kappa shape index (κ3) is 5.53. The average Bonchev–Trinajstić information content (AvgIpc) is 2.61. The summed E-state index contributed by atoms with van der Waals surface area (Å²) in [4.78, 5) is 22.8. The monoisotopic (exact) mass is 343 g/mol. The maximum Gasteiger partial charge on any atom is 0.335 e. The zero-order valence-electron chi connectivity index (χ0n) is 14.2. The van der Waals surface area contributed by atoms with Gasteiger partial charge >= 0.3 is 5.97 Å². The minimum absolute atomic E-state index is 0.154. The van der Waals surface area contributed by atoms with Crippen molar-refractivity contribution in [3.05, 3.63) is 59.7 Å². The molecule has 0 fully saturated rings. The number of hydrogen-bond acceptors (Lipinski definition) is 4. The number of amides is 1. The molecule has 1 amide bonds. The first kappa shape index (κ1) is 18.3. The second-order valence-electron chi connectivity index (χ2n) is 5.56. The normalized spacial score (nSPS) is 11.4. The van der Waals surface area contributed by atoms with Crippen LogP contribution in [-0.4, -0.2) is 36.7 Å². The van der Waals surface area contributed by atoms with Gasteiger partial charge in [-0.3, -0.25) is 4.79 Å². The van der Waals surface area contributed by atoms with Crippen molar-refractivity contribution in [2.75, 3.05) is 13.7 Å². The highest BCUT2D eigenvalue weighted by Crippen LogP contribution is 2.26. The molecule has 1 unspecified atom stereocenters. The van der Waals surface area contributed by atoms with Crippen molar-refractivity contribution < 1.29 is 24.2 Å². The van der Waals surface area contributed by atoms with E-state index in [1.807, 2.05) is 19.1 Å². The molecule has 132 valence electrons. The summed E-state index contributed by atoms with van der Waals surface area (Å²) in [5.41, 5.74) is 0.948. The number of ether oxygens (including phenoxy) is 2. The third-order valence-corrected chi connectivity index (χ3v) is 3.55. The van der Waals surface area contributed by atoms with Gasteiger partial charge in [-0.25, -0.2) is 4.79 Å². The number of carbonyl (C=O) groups is 2. The van der Waals surface area contributed by atoms with Gasteiger partial charge in [0, 0.05) is 0 Å². The first-order valence-corrected chi connectivity index (χ1v) is 7.88. The Balaban J connectivity index is 1.81. The number of aromatic carboxylic acids is 1. The number of benzene rings is 2. The lowest BCUT2D eigenvalue weighted by molar-refractivity contribution is -0.120. The Labute approximate surface area is 146 Å². The molecule has 6 nitrogen and oxygen atoms in total. The van der Waals surface area contributed by atoms with Crippen LogP contribution in [0, 0.1) is 0 Å². The Kier molecular flexibility index (Phi) is 6.39. The van der Waals surface area contributed by atoms with Crippen LogP contribution in [0.1, 0.15) is 22.8 Å². The van der Waals surface area contributed by atoms with Crippen LogP contribution >= 0.6 is 0 Å². The van der Waals surface area contributed by atoms with Gasteiger partial charge in [0.2, 0.25) is 5.91 Å². The molecule has 0 radical (unpaired) electrons. The minimum atomic E-state index is -0.988. The molecule has 0 heterocycles. The molecule has 6 heteroatoms. The van der Waals surface area contributed by atoms with Crippen LogP contribution in [0.4, 0.5) is 0 Å². The summed E-state index contributed by atoms with van der Waals surface area (Å²) in [6, 6.07) is 13.6. The molecule has 0 bridgehead atoms. The maximum absolute atomic E-state index is 12.0. The van der Waals surface area contributed by atoms with Gasteiger partial charge in [0.25, 0.3) is 0 Å². The molecule has 0 saturated heterocycles. The fraction of sp³-hybridized carbons (Fsp3) is 0.263. The smallest absolute Gasteiger partial charge is 0.335 e. The number of methoxy groups -OCH3 is 1. The van der Waals surface area contributed by atoms with Crippen molar-refractivity contribution in [1.29, 1.82) is 0 Å². The standard InChI is InChI=1S/C19H21NO5/c1-13(25-17-6-4-3-5-16(17)24-2)12-20-18(21)11-14-7-9-15(10-8-14)19(22)23/h3-10,13H,11-12H2,1-2H3,(H,20,21)(H,22,23). The lowest BCUT2D eigenvalue weighted by Gasteiger charge is -2.17. The van der Waals surface area contributed by atoms with E-state index in [-0.39, 0.29) is 24.0 Å². The van der Waals surface area contributed by atoms with E-state index in [0.717, 1.165) is 5.56 Å². The summed E-state index contributed by atoms with van der Waals surface area (Å²) >= 11 is 0. The molecular formula is C19H21NO5. The molecule has 2 aromatic carbocycles. The van der Waals surface area contributed by atoms with Crippen LogP contribution < -0.4 is 14.8 Å². The number of rotatable bonds is 8. The summed E-state index contributed by atoms with van der Waals surface area (Å²) in [5.74, 6) is 0.118. The molecule has 2 aromatic rings. The van der Waals surface area contributed by atoms with Gasteiger partial charge in [0.1, 0.15) is 6.10 Å². The van der Waals surface area contributed by atoms with E-state index < -0.39 is 5.97 Å². The predicted octanol–water partition coefficient (Wildman–Crippen LogP) is 2.52. The SMILES string of the molecule is COc1ccccc1OC(C)CNC(=O)Cc1ccc(C(=O)O)cc1. The highest BCUT2D eigenvalue weighted by molar-refractivity contribution is 5.87. The van der Waals surface area contributed by atoms with E-state index in [1.165, 1.54) is 12.1 Å². The van der Waals surface area contributed by atoms with E-state index in [4.69, 9.17) is 14.6 Å². The predicted molar refractivity (Wildman–Crippen MR) is 93.2 cm³/mol. The maximum atomic E-state index is 12.0. The fourth-order valence-electron chi connectivity index (χ4n) is 2.25. The van der Waals surface area contributed by atoms with Crippen molar-refractivity contribution in [2.24, 2.45) is 0 Å². The highest BCUT2D eigenvalue weighted by Gasteiger charge is 2.11. The summed E-state index contributed by atoms with van der Waals surface area (Å²) in [6.45, 7) is 2.21. The fourth-order valence-corrected chi connectivity index (χ4v) is 2.25. The molecule has 2 rings (SSSR count). The quantitative estimate of drug-likeness (QED) is 0.769. The number of carbonyl (C=O) groups excluding carboxylic acids is 1. The van der Waals surface area contributed by atoms with Crippen LogP contribution in [-0.2, 0) is 11.2 Å². The first-order valence-electron chi connectivity index (χ1n) is 7.88. The Bertz CT molecular complexity index is 727. The number of hydrogen-bond donors (Lipinski definition) is 2. The molecule has 2 N–H and O–H groups in total. The summed E-state index contributed by atoms with van der Waals surface area (Å²) in [7, 11) is 1.57. The lowest BCUT2D eigenvalue weighted by atomic mass is 10.1. The van der Waals surface area contributed by atoms with Crippen molar-refractivity contribution in [3.63, 3.8) is 0 Å². The van der Waals surface area contributed by atoms with E-state index >= 15 is 0 Å². The Morgan fingerprint density at radius 3 is 2.32 bits per heavy atom. The Morgan fingerprint density at radius 1 is 1.08 bits per heavy atom. The number of carboxylic acids is 1. The Morgan fingerprint density at radius 2 is 1.72 bits per heavy atom. The van der Waals surface area contributed by atoms with Gasteiger partial charge in [0.15, 0.2) is 11.5 Å². The zero-order valence-corrected chi connectivity index (χ0v) is 14.2. The molecule has 1 atom stereocenters. The second kappa shape index (κ2) is 8.73. The van der Waals surface area contributed by atoms with E-state index in [0.29, 0.717) is 18.0 Å². The van der Waals surface area contributed by atoms with Crippen molar-refractivity contribution in [3.8, 4) is 11.5 Å². The van der Waals surface area contributed by atoms with Crippen molar-refractivity contribution >= 4 is 11.9 Å². The topological polar surface area (TPSA) is 84.9 Å². The van der Waals surface area contributed by atoms with Crippen molar-refractivity contribution in [1.82, 2.24) is 5.32 Å². The molecule has 0 saturated carbocycles. The zero-order chi connectivity index (χ0) is 18.2. The van der Waals surface area contributed by atoms with Gasteiger partial charge in [-0.05, 0) is 36.8 Å². The molecule has 0 aliphatic carbocycles. The van der Waals surface area contributed by atoms with Crippen molar-refractivity contribution in [2.45, 2.75) is 19.4 Å². The highest BCUT2D eigenvalue weighted by atomic mass is 16.5. The van der Waals surface area contributed by atoms with Crippen LogP contribution in [0.5, 0.6) is 11.5 Å². The molecule has 25 heavy (non-hydrogen) atoms. The summed E-state index contributed by atoms with van der Waals surface area (Å²) in [6.07, 6.45) is -0.0454. The van der Waals surface area contributed by atoms with Gasteiger partial charge in [-0.2, -0.15) is 0 Å². The lowest BCUT2D eigenvalue weighted by Crippen LogP contribution is -2.34. The van der Waals surface area contributed by atoms with Crippen LogP contribution in [0.15, 0.2) is 48.5 Å². The number of carboxylic acid groups (broad SMARTS) is 1. The van der Waals surface area contributed by atoms with Gasteiger partial charge in [-0.15, -0.1) is 0 Å². The molecule has 0 aromatic heterocycles. The molecule has 0 spiro atoms. The van der Waals surface area contributed by atoms with E-state index in [2.05, 4.69) is 5.32 Å². The molecule has 0 aliphatic heterocycles. The molecular weight excluding hydrogens is 322 g/mol. The van der Waals surface area contributed by atoms with Crippen LogP contribution in [0.2, 0.25) is 0 Å². The van der Waals surface area contributed by atoms with Gasteiger partial charge < -0.3 is 19.9 Å². The number of para-hydroxylation sites is 2. The third-order valence-electron chi connectivity index (χ3n) is 3.55. The summed E-state index contributed by atoms with van der Waals surface area (Å²) < 4.78 is 11.0. The van der Waals surface area contributed by atoms with Gasteiger partial charge in [0.05, 0.1) is 25.6 Å². The number of nitrogens with one attached hydrogen (secondary N) is 1. The second-order valence-corrected chi connectivity index (χ2v) is 5.56.